The first kappa shape index (κ1) is 16.1. The molecule has 100 valence electrons. The molecule has 0 spiro atoms. The molecule has 3 nitrogen and oxygen atoms in total. The van der Waals surface area contributed by atoms with Gasteiger partial charge in [-0.1, -0.05) is 20.8 Å². The molecule has 0 radical (unpaired) electrons. The normalized spacial score (nSPS) is 12.9. The molecule has 0 amide bonds. The van der Waals surface area contributed by atoms with Gasteiger partial charge in [-0.2, -0.15) is 0 Å². The van der Waals surface area contributed by atoms with Crippen LogP contribution in [0.25, 0.3) is 0 Å². The van der Waals surface area contributed by atoms with E-state index in [0.717, 1.165) is 23.9 Å². The number of hydrogen-bond acceptors (Lipinski definition) is 3. The van der Waals surface area contributed by atoms with Crippen LogP contribution in [0.2, 0.25) is 18.1 Å². The summed E-state index contributed by atoms with van der Waals surface area (Å²) in [5.41, 5.74) is 0. The standard InChI is InChI=1S/C13H26O3Si/c1-6-15-11-10-13(12-14-5)16-17(7-2,8-3)9-4/h10-12H,6-9H2,1-5H3/b11-10+,13-12+. The van der Waals surface area contributed by atoms with Crippen molar-refractivity contribution < 1.29 is 13.9 Å². The summed E-state index contributed by atoms with van der Waals surface area (Å²) in [6.45, 7) is 9.23. The number of rotatable bonds is 9. The molecule has 0 N–H and O–H groups in total. The van der Waals surface area contributed by atoms with E-state index in [1.165, 1.54) is 0 Å². The number of ether oxygens (including phenoxy) is 2. The first-order chi connectivity index (χ1) is 8.17. The van der Waals surface area contributed by atoms with Crippen LogP contribution in [0.3, 0.4) is 0 Å². The summed E-state index contributed by atoms with van der Waals surface area (Å²) in [7, 11) is -0.00309. The lowest BCUT2D eigenvalue weighted by Crippen LogP contribution is -2.35. The summed E-state index contributed by atoms with van der Waals surface area (Å²) < 4.78 is 16.4. The molecule has 0 aliphatic rings. The van der Waals surface area contributed by atoms with Gasteiger partial charge in [0.1, 0.15) is 12.0 Å². The van der Waals surface area contributed by atoms with Crippen LogP contribution in [0.4, 0.5) is 0 Å². The van der Waals surface area contributed by atoms with E-state index in [4.69, 9.17) is 13.9 Å². The maximum absolute atomic E-state index is 6.18. The molecule has 0 rings (SSSR count). The van der Waals surface area contributed by atoms with E-state index in [9.17, 15) is 0 Å². The summed E-state index contributed by atoms with van der Waals surface area (Å²) in [5, 5.41) is 0. The first-order valence-electron chi connectivity index (χ1n) is 6.38. The smallest absolute Gasteiger partial charge is 0.250 e. The Hall–Kier alpha value is -0.903. The number of methoxy groups -OCH3 is 1. The monoisotopic (exact) mass is 258 g/mol. The Balaban J connectivity index is 4.67. The fourth-order valence-corrected chi connectivity index (χ4v) is 4.19. The average Bonchev–Trinajstić information content (AvgIpc) is 2.36. The van der Waals surface area contributed by atoms with Crippen molar-refractivity contribution in [2.45, 2.75) is 45.8 Å². The van der Waals surface area contributed by atoms with Crippen molar-refractivity contribution in [3.8, 4) is 0 Å². The molecule has 0 aromatic rings. The second-order valence-electron chi connectivity index (χ2n) is 3.86. The molecule has 0 saturated carbocycles. The molecular formula is C13H26O3Si. The number of hydrogen-bond donors (Lipinski definition) is 0. The zero-order valence-electron chi connectivity index (χ0n) is 11.8. The van der Waals surface area contributed by atoms with E-state index in [1.807, 2.05) is 13.0 Å². The second-order valence-corrected chi connectivity index (χ2v) is 8.55. The highest BCUT2D eigenvalue weighted by Crippen LogP contribution is 2.25. The topological polar surface area (TPSA) is 27.7 Å². The number of allylic oxidation sites excluding steroid dienone is 1. The Morgan fingerprint density at radius 1 is 1.06 bits per heavy atom. The van der Waals surface area contributed by atoms with Crippen LogP contribution in [0.1, 0.15) is 27.7 Å². The van der Waals surface area contributed by atoms with Crippen LogP contribution in [0, 0.1) is 0 Å². The molecule has 0 unspecified atom stereocenters. The molecule has 17 heavy (non-hydrogen) atoms. The maximum atomic E-state index is 6.18. The summed E-state index contributed by atoms with van der Waals surface area (Å²) in [6, 6.07) is 3.34. The molecule has 0 atom stereocenters. The van der Waals surface area contributed by atoms with Gasteiger partial charge in [0.25, 0.3) is 8.32 Å². The Bertz CT molecular complexity index is 237. The van der Waals surface area contributed by atoms with Gasteiger partial charge in [0.2, 0.25) is 0 Å². The van der Waals surface area contributed by atoms with Crippen molar-refractivity contribution in [1.82, 2.24) is 0 Å². The fourth-order valence-electron chi connectivity index (χ4n) is 1.64. The Morgan fingerprint density at radius 3 is 2.06 bits per heavy atom. The molecule has 4 heteroatoms. The van der Waals surface area contributed by atoms with Crippen LogP contribution < -0.4 is 0 Å². The van der Waals surface area contributed by atoms with Gasteiger partial charge in [-0.15, -0.1) is 0 Å². The zero-order valence-corrected chi connectivity index (χ0v) is 12.8. The molecule has 0 aliphatic carbocycles. The van der Waals surface area contributed by atoms with Crippen LogP contribution in [-0.2, 0) is 13.9 Å². The molecule has 0 heterocycles. The minimum Gasteiger partial charge on any atom is -0.541 e. The highest BCUT2D eigenvalue weighted by Gasteiger charge is 2.31. The minimum absolute atomic E-state index is 0.661. The van der Waals surface area contributed by atoms with E-state index in [-0.39, 0.29) is 0 Å². The van der Waals surface area contributed by atoms with Gasteiger partial charge in [0.15, 0.2) is 0 Å². The van der Waals surface area contributed by atoms with Gasteiger partial charge in [-0.05, 0) is 25.1 Å². The Morgan fingerprint density at radius 2 is 1.65 bits per heavy atom. The van der Waals surface area contributed by atoms with Crippen LogP contribution >= 0.6 is 0 Å². The average molecular weight is 258 g/mol. The predicted octanol–water partition coefficient (Wildman–Crippen LogP) is 4.05. The van der Waals surface area contributed by atoms with Crippen molar-refractivity contribution in [1.29, 1.82) is 0 Å². The molecule has 0 bridgehead atoms. The van der Waals surface area contributed by atoms with Crippen molar-refractivity contribution in [2.75, 3.05) is 13.7 Å². The van der Waals surface area contributed by atoms with Crippen LogP contribution in [0.5, 0.6) is 0 Å². The second kappa shape index (κ2) is 9.16. The third-order valence-corrected chi connectivity index (χ3v) is 7.53. The molecule has 0 aromatic carbocycles. The molecule has 0 aliphatic heterocycles. The quantitative estimate of drug-likeness (QED) is 0.355. The van der Waals surface area contributed by atoms with Gasteiger partial charge in [-0.25, -0.2) is 0 Å². The van der Waals surface area contributed by atoms with E-state index in [1.54, 1.807) is 19.6 Å². The van der Waals surface area contributed by atoms with Gasteiger partial charge in [-0.3, -0.25) is 0 Å². The van der Waals surface area contributed by atoms with Gasteiger partial charge in [0.05, 0.1) is 20.0 Å². The van der Waals surface area contributed by atoms with Crippen molar-refractivity contribution in [3.05, 3.63) is 24.4 Å². The highest BCUT2D eigenvalue weighted by atomic mass is 28.4. The summed E-state index contributed by atoms with van der Waals surface area (Å²) in [6.07, 6.45) is 5.12. The Labute approximate surface area is 107 Å². The Kier molecular flexibility index (Phi) is 8.67. The first-order valence-corrected chi connectivity index (χ1v) is 8.91. The van der Waals surface area contributed by atoms with Gasteiger partial charge >= 0.3 is 0 Å². The van der Waals surface area contributed by atoms with Gasteiger partial charge in [0, 0.05) is 6.08 Å². The largest absolute Gasteiger partial charge is 0.541 e. The third kappa shape index (κ3) is 5.82. The minimum atomic E-state index is -1.63. The molecule has 0 fully saturated rings. The van der Waals surface area contributed by atoms with Crippen molar-refractivity contribution in [2.24, 2.45) is 0 Å². The lowest BCUT2D eigenvalue weighted by atomic mass is 10.5. The van der Waals surface area contributed by atoms with E-state index in [0.29, 0.717) is 6.61 Å². The predicted molar refractivity (Wildman–Crippen MR) is 74.1 cm³/mol. The van der Waals surface area contributed by atoms with E-state index >= 15 is 0 Å². The molecule has 0 saturated heterocycles. The SMILES string of the molecule is CCO/C=C/C(=C\OC)O[Si](CC)(CC)CC. The summed E-state index contributed by atoms with van der Waals surface area (Å²) >= 11 is 0. The lowest BCUT2D eigenvalue weighted by Gasteiger charge is -2.29. The summed E-state index contributed by atoms with van der Waals surface area (Å²) in [5.74, 6) is 0.762. The van der Waals surface area contributed by atoms with Crippen molar-refractivity contribution in [3.63, 3.8) is 0 Å². The molecule has 0 aromatic heterocycles. The summed E-state index contributed by atoms with van der Waals surface area (Å²) in [4.78, 5) is 0. The maximum Gasteiger partial charge on any atom is 0.250 e. The fraction of sp³-hybridized carbons (Fsp3) is 0.692. The van der Waals surface area contributed by atoms with Crippen molar-refractivity contribution >= 4 is 8.32 Å². The van der Waals surface area contributed by atoms with E-state index in [2.05, 4.69) is 20.8 Å². The molecular weight excluding hydrogens is 232 g/mol. The van der Waals surface area contributed by atoms with Gasteiger partial charge < -0.3 is 13.9 Å². The van der Waals surface area contributed by atoms with Crippen LogP contribution in [0.15, 0.2) is 24.4 Å². The van der Waals surface area contributed by atoms with Crippen LogP contribution in [-0.4, -0.2) is 22.0 Å². The third-order valence-electron chi connectivity index (χ3n) is 3.00. The van der Waals surface area contributed by atoms with E-state index < -0.39 is 8.32 Å². The highest BCUT2D eigenvalue weighted by molar-refractivity contribution is 6.73. The zero-order chi connectivity index (χ0) is 13.1. The lowest BCUT2D eigenvalue weighted by molar-refractivity contribution is 0.265.